The molecule has 2 aliphatic heterocycles. The molecule has 1 aromatic rings. The highest BCUT2D eigenvalue weighted by Crippen LogP contribution is 2.40. The lowest BCUT2D eigenvalue weighted by molar-refractivity contribution is -0.200. The van der Waals surface area contributed by atoms with Gasteiger partial charge in [-0.25, -0.2) is 14.2 Å². The first-order valence-electron chi connectivity index (χ1n) is 16.2. The first kappa shape index (κ1) is 37.4. The zero-order valence-electron chi connectivity index (χ0n) is 28.7. The maximum atomic E-state index is 16.1. The van der Waals surface area contributed by atoms with Crippen molar-refractivity contribution >= 4 is 29.1 Å². The summed E-state index contributed by atoms with van der Waals surface area (Å²) in [4.78, 5) is 49.5. The number of oxime groups is 1. The average Bonchev–Trinajstić information content (AvgIpc) is 3.00. The molecule has 2 bridgehead atoms. The van der Waals surface area contributed by atoms with Crippen molar-refractivity contribution in [3.05, 3.63) is 35.9 Å². The number of benzene rings is 1. The van der Waals surface area contributed by atoms with Gasteiger partial charge in [0.05, 0.1) is 30.6 Å². The minimum atomic E-state index is -2.98. The van der Waals surface area contributed by atoms with Crippen molar-refractivity contribution in [2.24, 2.45) is 33.8 Å². The second-order valence-electron chi connectivity index (χ2n) is 13.5. The quantitative estimate of drug-likeness (QED) is 0.260. The molecule has 0 aromatic heterocycles. The van der Waals surface area contributed by atoms with Crippen LogP contribution in [0.4, 0.5) is 4.39 Å². The molecule has 10 nitrogen and oxygen atoms in total. The largest absolute Gasteiger partial charge is 0.457 e. The number of Topliss-reactive ketones (excluding diaryl/α,β-unsaturated/α-hetero) is 1. The number of carbonyl (C=O) groups is 3. The maximum absolute atomic E-state index is 16.1. The van der Waals surface area contributed by atoms with Crippen LogP contribution < -0.4 is 0 Å². The summed E-state index contributed by atoms with van der Waals surface area (Å²) in [6.45, 7) is 14.6. The topological polar surface area (TPSA) is 133 Å². The van der Waals surface area contributed by atoms with Gasteiger partial charge in [0.2, 0.25) is 5.91 Å². The van der Waals surface area contributed by atoms with Crippen LogP contribution in [0.25, 0.3) is 0 Å². The van der Waals surface area contributed by atoms with E-state index in [1.54, 1.807) is 27.7 Å². The van der Waals surface area contributed by atoms with Gasteiger partial charge in [-0.15, -0.1) is 0 Å². The van der Waals surface area contributed by atoms with E-state index in [1.807, 2.05) is 44.2 Å². The minimum Gasteiger partial charge on any atom is -0.457 e. The van der Waals surface area contributed by atoms with Crippen LogP contribution in [-0.2, 0) is 40.0 Å². The molecule has 3 rings (SSSR count). The number of amides is 1. The zero-order chi connectivity index (χ0) is 34.4. The molecule has 11 heteroatoms. The second kappa shape index (κ2) is 15.3. The van der Waals surface area contributed by atoms with Crippen molar-refractivity contribution in [3.63, 3.8) is 0 Å². The summed E-state index contributed by atoms with van der Waals surface area (Å²) in [7, 11) is 0. The van der Waals surface area contributed by atoms with Crippen LogP contribution in [0.1, 0.15) is 87.1 Å². The Hall–Kier alpha value is -3.02. The van der Waals surface area contributed by atoms with Gasteiger partial charge in [-0.2, -0.15) is 0 Å². The van der Waals surface area contributed by atoms with Gasteiger partial charge in [-0.3, -0.25) is 9.59 Å². The molecule has 2 aliphatic rings. The van der Waals surface area contributed by atoms with Crippen molar-refractivity contribution < 1.29 is 42.9 Å². The number of ether oxygens (including phenoxy) is 3. The van der Waals surface area contributed by atoms with Crippen LogP contribution in [0.2, 0.25) is 0 Å². The van der Waals surface area contributed by atoms with Gasteiger partial charge in [0.15, 0.2) is 5.78 Å². The van der Waals surface area contributed by atoms with E-state index in [0.29, 0.717) is 11.4 Å². The van der Waals surface area contributed by atoms with E-state index in [4.69, 9.17) is 19.0 Å². The number of fused-ring (bicyclic) bond motifs is 5. The molecule has 2 saturated heterocycles. The lowest BCUT2D eigenvalue weighted by Gasteiger charge is -2.45. The van der Waals surface area contributed by atoms with Gasteiger partial charge >= 0.3 is 5.97 Å². The number of rotatable bonds is 4. The Morgan fingerprint density at radius 1 is 1.09 bits per heavy atom. The van der Waals surface area contributed by atoms with E-state index < -0.39 is 70.4 Å². The summed E-state index contributed by atoms with van der Waals surface area (Å²) in [5.74, 6) is -5.37. The van der Waals surface area contributed by atoms with Gasteiger partial charge in [-0.05, 0) is 51.0 Å². The van der Waals surface area contributed by atoms with Gasteiger partial charge in [0.1, 0.15) is 18.3 Å². The summed E-state index contributed by atoms with van der Waals surface area (Å²) in [5, 5.41) is 16.5. The number of alkyl halides is 1. The van der Waals surface area contributed by atoms with Crippen LogP contribution in [0.3, 0.4) is 0 Å². The molecule has 2 fully saturated rings. The number of aliphatic imine (C=N–C) groups is 1. The monoisotopic (exact) mass is 646 g/mol. The predicted octanol–water partition coefficient (Wildman–Crippen LogP) is 5.43. The van der Waals surface area contributed by atoms with Crippen LogP contribution in [0, 0.1) is 23.7 Å². The van der Waals surface area contributed by atoms with Gasteiger partial charge in [0, 0.05) is 30.9 Å². The fourth-order valence-corrected chi connectivity index (χ4v) is 6.70. The molecular formula is C35H51FN2O8. The highest BCUT2D eigenvalue weighted by Gasteiger charge is 2.54. The molecule has 2 heterocycles. The molecule has 46 heavy (non-hydrogen) atoms. The minimum absolute atomic E-state index is 0.00887. The maximum Gasteiger partial charge on any atom is 0.351 e. The summed E-state index contributed by atoms with van der Waals surface area (Å²) in [5.41, 5.74) is -4.00. The molecule has 0 aliphatic carbocycles. The van der Waals surface area contributed by atoms with Crippen LogP contribution >= 0.6 is 0 Å². The Kier molecular flexibility index (Phi) is 12.4. The van der Waals surface area contributed by atoms with E-state index in [-0.39, 0.29) is 39.1 Å². The number of halogens is 1. The number of nitrogens with zero attached hydrogens (tertiary/aromatic N) is 2. The number of cyclic esters (lactones) is 1. The molecule has 9 atom stereocenters. The predicted molar refractivity (Wildman–Crippen MR) is 172 cm³/mol. The third-order valence-electron chi connectivity index (χ3n) is 9.77. The van der Waals surface area contributed by atoms with Crippen molar-refractivity contribution in [3.8, 4) is 0 Å². The standard InChI is InChI=1S/C35H51FN2O8/c1-10-28-35(9,42)31-23(4)29(37-25(6)39)21(2)18-33(7,24(5)22(3)30(40)34(8,36)32(41)46-28)44-20-27(16-17-43-31)38-45-19-26-14-12-11-13-15-26/h11-15,21-24,28,31,42H,10,16-20H2,1-9H3/b37-29?,38-27+/t21-,22-,23+,24-,28-,31-,33-,34+,35-/m1/s1. The normalized spacial score (nSPS) is 38.7. The van der Waals surface area contributed by atoms with Gasteiger partial charge in [0.25, 0.3) is 5.67 Å². The molecule has 0 saturated carbocycles. The van der Waals surface area contributed by atoms with Crippen LogP contribution in [0.15, 0.2) is 40.5 Å². The second-order valence-corrected chi connectivity index (χ2v) is 13.5. The van der Waals surface area contributed by atoms with E-state index in [0.717, 1.165) is 12.5 Å². The lowest BCUT2D eigenvalue weighted by atomic mass is 9.70. The molecule has 0 spiro atoms. The molecule has 0 radical (unpaired) electrons. The van der Waals surface area contributed by atoms with E-state index in [9.17, 15) is 19.5 Å². The molecular weight excluding hydrogens is 595 g/mol. The SMILES string of the molecule is CC[C@H]1OC(=O)[C@@](C)(F)C(=O)[C@H](C)[C@@H](C)[C@@]2(C)C[C@@H](C)C(=NC(C)=O)[C@H](C)[C@@H](OCC/C(=N\OCc3ccccc3)CO2)[C@]1(C)O. The average molecular weight is 647 g/mol. The summed E-state index contributed by atoms with van der Waals surface area (Å²) >= 11 is 0. The number of ketones is 1. The fourth-order valence-electron chi connectivity index (χ4n) is 6.70. The number of hydrogen-bond acceptors (Lipinski definition) is 9. The Balaban J connectivity index is 2.21. The first-order chi connectivity index (χ1) is 21.5. The summed E-state index contributed by atoms with van der Waals surface area (Å²) in [6.07, 6.45) is -1.66. The van der Waals surface area contributed by atoms with Crippen molar-refractivity contribution in [2.75, 3.05) is 13.2 Å². The third-order valence-corrected chi connectivity index (χ3v) is 9.77. The smallest absolute Gasteiger partial charge is 0.351 e. The molecule has 0 unspecified atom stereocenters. The number of carbonyl (C=O) groups excluding carboxylic acids is 3. The molecule has 256 valence electrons. The van der Waals surface area contributed by atoms with Crippen molar-refractivity contribution in [1.82, 2.24) is 0 Å². The highest BCUT2D eigenvalue weighted by molar-refractivity contribution is 6.07. The molecule has 1 N–H and O–H groups in total. The zero-order valence-corrected chi connectivity index (χ0v) is 28.7. The molecule has 1 aromatic carbocycles. The molecule has 1 amide bonds. The number of esters is 1. The van der Waals surface area contributed by atoms with Gasteiger partial charge in [-0.1, -0.05) is 70.1 Å². The number of aliphatic hydroxyl groups is 1. The Bertz CT molecular complexity index is 1300. The van der Waals surface area contributed by atoms with Crippen molar-refractivity contribution in [1.29, 1.82) is 0 Å². The van der Waals surface area contributed by atoms with Crippen molar-refractivity contribution in [2.45, 2.75) is 117 Å². The fraction of sp³-hybridized carbons (Fsp3) is 0.686. The van der Waals surface area contributed by atoms with Crippen LogP contribution in [0.5, 0.6) is 0 Å². The van der Waals surface area contributed by atoms with Crippen LogP contribution in [-0.4, -0.2) is 76.5 Å². The van der Waals surface area contributed by atoms with E-state index in [1.165, 1.54) is 13.8 Å². The first-order valence-corrected chi connectivity index (χ1v) is 16.2. The summed E-state index contributed by atoms with van der Waals surface area (Å²) < 4.78 is 34.7. The number of hydrogen-bond donors (Lipinski definition) is 1. The highest BCUT2D eigenvalue weighted by atomic mass is 19.1. The Labute approximate surface area is 272 Å². The van der Waals surface area contributed by atoms with E-state index >= 15 is 4.39 Å². The lowest BCUT2D eigenvalue weighted by Crippen LogP contribution is -2.59. The third kappa shape index (κ3) is 8.46. The van der Waals surface area contributed by atoms with Gasteiger partial charge < -0.3 is 24.2 Å². The summed E-state index contributed by atoms with van der Waals surface area (Å²) in [6, 6.07) is 9.57. The van der Waals surface area contributed by atoms with E-state index in [2.05, 4.69) is 10.1 Å². The Morgan fingerprint density at radius 2 is 1.74 bits per heavy atom. The Morgan fingerprint density at radius 3 is 2.35 bits per heavy atom.